The lowest BCUT2D eigenvalue weighted by Gasteiger charge is -2.16. The van der Waals surface area contributed by atoms with E-state index in [1.54, 1.807) is 12.7 Å². The van der Waals surface area contributed by atoms with Gasteiger partial charge < -0.3 is 15.4 Å². The number of anilines is 1. The van der Waals surface area contributed by atoms with Crippen molar-refractivity contribution in [3.8, 4) is 5.75 Å². The highest BCUT2D eigenvalue weighted by molar-refractivity contribution is 5.91. The molecule has 1 aliphatic rings. The third kappa shape index (κ3) is 6.45. The average Bonchev–Trinajstić information content (AvgIpc) is 2.56. The maximum absolute atomic E-state index is 12.0. The first kappa shape index (κ1) is 17.5. The first-order chi connectivity index (χ1) is 11.2. The van der Waals surface area contributed by atoms with E-state index in [1.807, 2.05) is 24.3 Å². The van der Waals surface area contributed by atoms with Crippen LogP contribution in [-0.2, 0) is 4.79 Å². The van der Waals surface area contributed by atoms with E-state index in [1.165, 1.54) is 25.7 Å². The maximum Gasteiger partial charge on any atom is 0.225 e. The summed E-state index contributed by atoms with van der Waals surface area (Å²) in [6.07, 6.45) is 9.09. The summed E-state index contributed by atoms with van der Waals surface area (Å²) >= 11 is 0. The molecule has 0 heterocycles. The van der Waals surface area contributed by atoms with Gasteiger partial charge in [-0.2, -0.15) is 0 Å². The van der Waals surface area contributed by atoms with Crippen LogP contribution in [0.15, 0.2) is 35.9 Å². The second-order valence-corrected chi connectivity index (χ2v) is 6.19. The van der Waals surface area contributed by atoms with Crippen LogP contribution < -0.4 is 15.4 Å². The van der Waals surface area contributed by atoms with Crippen molar-refractivity contribution >= 4 is 11.6 Å². The van der Waals surface area contributed by atoms with Crippen LogP contribution in [-0.4, -0.2) is 25.6 Å². The summed E-state index contributed by atoms with van der Waals surface area (Å²) in [5, 5.41) is 6.36. The molecule has 1 aromatic carbocycles. The predicted octanol–water partition coefficient (Wildman–Crippen LogP) is 3.89. The minimum atomic E-state index is 0.0343. The third-order valence-electron chi connectivity index (χ3n) is 4.19. The summed E-state index contributed by atoms with van der Waals surface area (Å²) in [6.45, 7) is 3.01. The second-order valence-electron chi connectivity index (χ2n) is 6.19. The number of allylic oxidation sites excluding steroid dienone is 1. The highest BCUT2D eigenvalue weighted by Gasteiger charge is 2.10. The van der Waals surface area contributed by atoms with E-state index in [9.17, 15) is 4.79 Å². The number of rotatable bonds is 8. The summed E-state index contributed by atoms with van der Waals surface area (Å²) in [4.78, 5) is 12.0. The Morgan fingerprint density at radius 3 is 2.70 bits per heavy atom. The fraction of sp³-hybridized carbons (Fsp3) is 0.526. The van der Waals surface area contributed by atoms with Crippen molar-refractivity contribution in [3.63, 3.8) is 0 Å². The van der Waals surface area contributed by atoms with Gasteiger partial charge in [0.25, 0.3) is 0 Å². The Kier molecular flexibility index (Phi) is 7.14. The Labute approximate surface area is 139 Å². The number of carbonyl (C=O) groups is 1. The van der Waals surface area contributed by atoms with Gasteiger partial charge in [-0.3, -0.25) is 4.79 Å². The number of nitrogens with one attached hydrogen (secondary N) is 2. The molecule has 1 atom stereocenters. The fourth-order valence-electron chi connectivity index (χ4n) is 2.85. The number of benzene rings is 1. The lowest BCUT2D eigenvalue weighted by Crippen LogP contribution is -2.31. The van der Waals surface area contributed by atoms with Crippen LogP contribution in [0.25, 0.3) is 0 Å². The normalized spacial score (nSPS) is 15.7. The summed E-state index contributed by atoms with van der Waals surface area (Å²) in [5.74, 6) is 0.821. The lowest BCUT2D eigenvalue weighted by atomic mass is 9.97. The number of hydrogen-bond acceptors (Lipinski definition) is 3. The number of amides is 1. The monoisotopic (exact) mass is 316 g/mol. The zero-order valence-corrected chi connectivity index (χ0v) is 14.2. The first-order valence-electron chi connectivity index (χ1n) is 8.52. The molecule has 0 saturated heterocycles. The highest BCUT2D eigenvalue weighted by atomic mass is 16.5. The van der Waals surface area contributed by atoms with E-state index in [4.69, 9.17) is 4.74 Å². The largest absolute Gasteiger partial charge is 0.497 e. The Balaban J connectivity index is 1.66. The molecule has 0 unspecified atom stereocenters. The minimum absolute atomic E-state index is 0.0343. The van der Waals surface area contributed by atoms with Gasteiger partial charge in [-0.1, -0.05) is 11.6 Å². The fourth-order valence-corrected chi connectivity index (χ4v) is 2.85. The second kappa shape index (κ2) is 9.36. The smallest absolute Gasteiger partial charge is 0.225 e. The van der Waals surface area contributed by atoms with Crippen LogP contribution in [0.3, 0.4) is 0 Å². The minimum Gasteiger partial charge on any atom is -0.497 e. The van der Waals surface area contributed by atoms with E-state index in [-0.39, 0.29) is 11.9 Å². The van der Waals surface area contributed by atoms with Crippen LogP contribution in [0.5, 0.6) is 5.75 Å². The van der Waals surface area contributed by atoms with E-state index in [2.05, 4.69) is 23.6 Å². The SMILES string of the molecule is COc1ccc(NC(=O)C[C@H](C)NCCC2=CCCCC2)cc1. The van der Waals surface area contributed by atoms with Crippen molar-refractivity contribution in [1.29, 1.82) is 0 Å². The zero-order chi connectivity index (χ0) is 16.5. The van der Waals surface area contributed by atoms with Gasteiger partial charge in [-0.05, 0) is 69.8 Å². The molecule has 1 aromatic rings. The molecule has 0 aromatic heterocycles. The van der Waals surface area contributed by atoms with Gasteiger partial charge in [-0.15, -0.1) is 0 Å². The number of carbonyl (C=O) groups excluding carboxylic acids is 1. The molecule has 2 rings (SSSR count). The Bertz CT molecular complexity index is 523. The average molecular weight is 316 g/mol. The number of ether oxygens (including phenoxy) is 1. The number of methoxy groups -OCH3 is 1. The molecule has 0 radical (unpaired) electrons. The van der Waals surface area contributed by atoms with Gasteiger partial charge in [-0.25, -0.2) is 0 Å². The molecule has 126 valence electrons. The van der Waals surface area contributed by atoms with Crippen LogP contribution >= 0.6 is 0 Å². The molecule has 1 amide bonds. The van der Waals surface area contributed by atoms with E-state index >= 15 is 0 Å². The molecule has 0 saturated carbocycles. The van der Waals surface area contributed by atoms with E-state index in [0.29, 0.717) is 6.42 Å². The van der Waals surface area contributed by atoms with Crippen molar-refractivity contribution in [1.82, 2.24) is 5.32 Å². The molecule has 2 N–H and O–H groups in total. The van der Waals surface area contributed by atoms with Crippen molar-refractivity contribution in [3.05, 3.63) is 35.9 Å². The van der Waals surface area contributed by atoms with Crippen LogP contribution in [0.1, 0.15) is 45.4 Å². The highest BCUT2D eigenvalue weighted by Crippen LogP contribution is 2.19. The Hall–Kier alpha value is -1.81. The Morgan fingerprint density at radius 1 is 1.26 bits per heavy atom. The standard InChI is InChI=1S/C19H28N2O2/c1-15(20-13-12-16-6-4-3-5-7-16)14-19(22)21-17-8-10-18(23-2)11-9-17/h6,8-11,15,20H,3-5,7,12-14H2,1-2H3,(H,21,22)/t15-/m0/s1. The van der Waals surface area contributed by atoms with Gasteiger partial charge in [0.05, 0.1) is 7.11 Å². The molecule has 0 spiro atoms. The van der Waals surface area contributed by atoms with Gasteiger partial charge in [0.15, 0.2) is 0 Å². The summed E-state index contributed by atoms with van der Waals surface area (Å²) in [5.41, 5.74) is 2.37. The van der Waals surface area contributed by atoms with Crippen LogP contribution in [0.4, 0.5) is 5.69 Å². The lowest BCUT2D eigenvalue weighted by molar-refractivity contribution is -0.116. The van der Waals surface area contributed by atoms with Gasteiger partial charge in [0, 0.05) is 18.2 Å². The molecule has 4 heteroatoms. The van der Waals surface area contributed by atoms with Crippen LogP contribution in [0, 0.1) is 0 Å². The van der Waals surface area contributed by atoms with Gasteiger partial charge in [0.2, 0.25) is 5.91 Å². The molecule has 0 bridgehead atoms. The molecule has 0 fully saturated rings. The zero-order valence-electron chi connectivity index (χ0n) is 14.2. The van der Waals surface area contributed by atoms with Crippen molar-refractivity contribution in [2.24, 2.45) is 0 Å². The first-order valence-corrected chi connectivity index (χ1v) is 8.52. The molecule has 1 aliphatic carbocycles. The van der Waals surface area contributed by atoms with Crippen LogP contribution in [0.2, 0.25) is 0 Å². The summed E-state index contributed by atoms with van der Waals surface area (Å²) < 4.78 is 5.11. The van der Waals surface area contributed by atoms with Crippen molar-refractivity contribution in [2.75, 3.05) is 19.0 Å². The predicted molar refractivity (Wildman–Crippen MR) is 94.9 cm³/mol. The maximum atomic E-state index is 12.0. The summed E-state index contributed by atoms with van der Waals surface area (Å²) in [7, 11) is 1.63. The van der Waals surface area contributed by atoms with Crippen molar-refractivity contribution < 1.29 is 9.53 Å². The third-order valence-corrected chi connectivity index (χ3v) is 4.19. The quantitative estimate of drug-likeness (QED) is 0.715. The van der Waals surface area contributed by atoms with E-state index < -0.39 is 0 Å². The van der Waals surface area contributed by atoms with Crippen molar-refractivity contribution in [2.45, 2.75) is 51.5 Å². The molecule has 23 heavy (non-hydrogen) atoms. The van der Waals surface area contributed by atoms with E-state index in [0.717, 1.165) is 24.4 Å². The molecular weight excluding hydrogens is 288 g/mol. The van der Waals surface area contributed by atoms with Gasteiger partial charge in [0.1, 0.15) is 5.75 Å². The summed E-state index contributed by atoms with van der Waals surface area (Å²) in [6, 6.07) is 7.57. The number of hydrogen-bond donors (Lipinski definition) is 2. The molecule has 4 nitrogen and oxygen atoms in total. The molecule has 0 aliphatic heterocycles. The topological polar surface area (TPSA) is 50.4 Å². The van der Waals surface area contributed by atoms with Gasteiger partial charge >= 0.3 is 0 Å². The Morgan fingerprint density at radius 2 is 2.04 bits per heavy atom. The molecular formula is C19H28N2O2.